The predicted molar refractivity (Wildman–Crippen MR) is 39.3 cm³/mol. The molecule has 0 bridgehead atoms. The summed E-state index contributed by atoms with van der Waals surface area (Å²) in [6.45, 7) is -0.143. The van der Waals surface area contributed by atoms with Crippen molar-refractivity contribution in [3.63, 3.8) is 0 Å². The van der Waals surface area contributed by atoms with Gasteiger partial charge in [0.05, 0.1) is 0 Å². The van der Waals surface area contributed by atoms with E-state index in [1.165, 1.54) is 0 Å². The highest BCUT2D eigenvalue weighted by atomic mass is 16.7. The topological polar surface area (TPSA) is 129 Å². The van der Waals surface area contributed by atoms with Gasteiger partial charge in [-0.15, -0.1) is 0 Å². The number of rotatable bonds is 2. The van der Waals surface area contributed by atoms with Crippen molar-refractivity contribution in [1.29, 1.82) is 0 Å². The van der Waals surface area contributed by atoms with E-state index in [1.54, 1.807) is 0 Å². The van der Waals surface area contributed by atoms with Gasteiger partial charge in [-0.25, -0.2) is 11.7 Å². The molecule has 1 aliphatic heterocycles. The number of carbonyl (C=O) groups is 2. The summed E-state index contributed by atoms with van der Waals surface area (Å²) in [5.74, 6) is 8.45. The van der Waals surface area contributed by atoms with Gasteiger partial charge >= 0.3 is 0 Å². The SMILES string of the molecule is NNC(=O)[C@@H]1OCO[C@H]1C(=O)NN. The number of hydrogen-bond acceptors (Lipinski definition) is 6. The van der Waals surface area contributed by atoms with Gasteiger partial charge in [0.25, 0.3) is 11.8 Å². The summed E-state index contributed by atoms with van der Waals surface area (Å²) < 4.78 is 9.62. The van der Waals surface area contributed by atoms with Gasteiger partial charge in [-0.1, -0.05) is 0 Å². The van der Waals surface area contributed by atoms with E-state index in [0.29, 0.717) is 0 Å². The Kier molecular flexibility index (Phi) is 3.14. The van der Waals surface area contributed by atoms with Crippen molar-refractivity contribution in [2.75, 3.05) is 6.79 Å². The Balaban J connectivity index is 2.63. The van der Waals surface area contributed by atoms with E-state index in [2.05, 4.69) is 0 Å². The molecular formula is C5H10N4O4. The van der Waals surface area contributed by atoms with E-state index >= 15 is 0 Å². The third-order valence-corrected chi connectivity index (χ3v) is 1.57. The lowest BCUT2D eigenvalue weighted by atomic mass is 10.2. The molecule has 0 radical (unpaired) electrons. The van der Waals surface area contributed by atoms with Crippen LogP contribution in [-0.2, 0) is 19.1 Å². The van der Waals surface area contributed by atoms with Crippen LogP contribution in [0.3, 0.4) is 0 Å². The highest BCUT2D eigenvalue weighted by Gasteiger charge is 2.39. The van der Waals surface area contributed by atoms with Gasteiger partial charge in [0.1, 0.15) is 6.79 Å². The van der Waals surface area contributed by atoms with Gasteiger partial charge in [0.15, 0.2) is 12.2 Å². The second-order valence-corrected chi connectivity index (χ2v) is 2.31. The van der Waals surface area contributed by atoms with Crippen molar-refractivity contribution in [1.82, 2.24) is 10.9 Å². The first kappa shape index (κ1) is 9.86. The normalized spacial score (nSPS) is 26.9. The van der Waals surface area contributed by atoms with Crippen LogP contribution in [0, 0.1) is 0 Å². The van der Waals surface area contributed by atoms with E-state index in [1.807, 2.05) is 10.9 Å². The Morgan fingerprint density at radius 2 is 1.46 bits per heavy atom. The van der Waals surface area contributed by atoms with Crippen molar-refractivity contribution in [2.24, 2.45) is 11.7 Å². The van der Waals surface area contributed by atoms with Crippen molar-refractivity contribution >= 4 is 11.8 Å². The van der Waals surface area contributed by atoms with Gasteiger partial charge in [-0.2, -0.15) is 0 Å². The summed E-state index contributed by atoms with van der Waals surface area (Å²) in [6, 6.07) is 0. The maximum Gasteiger partial charge on any atom is 0.266 e. The first-order chi connectivity index (χ1) is 6.20. The van der Waals surface area contributed by atoms with Crippen LogP contribution in [-0.4, -0.2) is 30.8 Å². The number of hydrazine groups is 2. The first-order valence-electron chi connectivity index (χ1n) is 3.45. The Bertz CT molecular complexity index is 199. The third kappa shape index (κ3) is 1.92. The number of ether oxygens (including phenoxy) is 2. The molecular weight excluding hydrogens is 180 g/mol. The summed E-state index contributed by atoms with van der Waals surface area (Å²) in [5.41, 5.74) is 3.70. The zero-order valence-electron chi connectivity index (χ0n) is 6.65. The van der Waals surface area contributed by atoms with Crippen LogP contribution < -0.4 is 22.5 Å². The molecule has 0 aliphatic carbocycles. The lowest BCUT2D eigenvalue weighted by Crippen LogP contribution is -2.50. The Morgan fingerprint density at radius 1 is 1.08 bits per heavy atom. The van der Waals surface area contributed by atoms with E-state index in [4.69, 9.17) is 21.2 Å². The summed E-state index contributed by atoms with van der Waals surface area (Å²) >= 11 is 0. The summed E-state index contributed by atoms with van der Waals surface area (Å²) in [5, 5.41) is 0. The number of carbonyl (C=O) groups excluding carboxylic acids is 2. The molecule has 0 aromatic rings. The molecule has 13 heavy (non-hydrogen) atoms. The molecule has 0 saturated carbocycles. The highest BCUT2D eigenvalue weighted by Crippen LogP contribution is 2.12. The second-order valence-electron chi connectivity index (χ2n) is 2.31. The quantitative estimate of drug-likeness (QED) is 0.205. The van der Waals surface area contributed by atoms with Gasteiger partial charge in [0, 0.05) is 0 Å². The van der Waals surface area contributed by atoms with Crippen molar-refractivity contribution in [3.05, 3.63) is 0 Å². The molecule has 0 aromatic carbocycles. The van der Waals surface area contributed by atoms with E-state index in [-0.39, 0.29) is 6.79 Å². The molecule has 1 heterocycles. The lowest BCUT2D eigenvalue weighted by Gasteiger charge is -2.12. The predicted octanol–water partition coefficient (Wildman–Crippen LogP) is -3.29. The molecule has 2 atom stereocenters. The van der Waals surface area contributed by atoms with Gasteiger partial charge in [-0.05, 0) is 0 Å². The Hall–Kier alpha value is -1.22. The van der Waals surface area contributed by atoms with Gasteiger partial charge < -0.3 is 9.47 Å². The molecule has 6 N–H and O–H groups in total. The fourth-order valence-corrected chi connectivity index (χ4v) is 0.951. The third-order valence-electron chi connectivity index (χ3n) is 1.57. The van der Waals surface area contributed by atoms with Crippen molar-refractivity contribution in [2.45, 2.75) is 12.2 Å². The van der Waals surface area contributed by atoms with Crippen molar-refractivity contribution < 1.29 is 19.1 Å². The van der Waals surface area contributed by atoms with E-state index < -0.39 is 24.0 Å². The maximum atomic E-state index is 11.0. The number of nitrogens with one attached hydrogen (secondary N) is 2. The zero-order chi connectivity index (χ0) is 9.84. The molecule has 8 heteroatoms. The molecule has 2 amide bonds. The number of nitrogens with two attached hydrogens (primary N) is 2. The van der Waals surface area contributed by atoms with Gasteiger partial charge in [0.2, 0.25) is 0 Å². The first-order valence-corrected chi connectivity index (χ1v) is 3.45. The van der Waals surface area contributed by atoms with Crippen LogP contribution in [0.1, 0.15) is 0 Å². The summed E-state index contributed by atoms with van der Waals surface area (Å²) in [7, 11) is 0. The largest absolute Gasteiger partial charge is 0.339 e. The standard InChI is InChI=1S/C5H10N4O4/c6-8-4(10)2-3(5(11)9-7)13-1-12-2/h2-3H,1,6-7H2,(H,8,10)(H,9,11)/t2-,3-/m1/s1. The fraction of sp³-hybridized carbons (Fsp3) is 0.600. The average molecular weight is 190 g/mol. The maximum absolute atomic E-state index is 11.0. The van der Waals surface area contributed by atoms with Crippen LogP contribution in [0.2, 0.25) is 0 Å². The lowest BCUT2D eigenvalue weighted by molar-refractivity contribution is -0.137. The zero-order valence-corrected chi connectivity index (χ0v) is 6.65. The second kappa shape index (κ2) is 4.14. The molecule has 0 unspecified atom stereocenters. The minimum absolute atomic E-state index is 0.143. The number of amides is 2. The van der Waals surface area contributed by atoms with Crippen LogP contribution in [0.25, 0.3) is 0 Å². The fourth-order valence-electron chi connectivity index (χ4n) is 0.951. The van der Waals surface area contributed by atoms with Crippen LogP contribution >= 0.6 is 0 Å². The minimum Gasteiger partial charge on any atom is -0.339 e. The summed E-state index contributed by atoms with van der Waals surface area (Å²) in [4.78, 5) is 22.0. The molecule has 1 fully saturated rings. The molecule has 1 rings (SSSR count). The van der Waals surface area contributed by atoms with Crippen LogP contribution in [0.5, 0.6) is 0 Å². The molecule has 1 aliphatic rings. The minimum atomic E-state index is -1.05. The Labute approximate surface area is 73.5 Å². The van der Waals surface area contributed by atoms with Crippen LogP contribution in [0.15, 0.2) is 0 Å². The van der Waals surface area contributed by atoms with Crippen molar-refractivity contribution in [3.8, 4) is 0 Å². The molecule has 1 saturated heterocycles. The van der Waals surface area contributed by atoms with E-state index in [9.17, 15) is 9.59 Å². The molecule has 74 valence electrons. The highest BCUT2D eigenvalue weighted by molar-refractivity contribution is 5.90. The molecule has 8 nitrogen and oxygen atoms in total. The molecule has 0 spiro atoms. The monoisotopic (exact) mass is 190 g/mol. The van der Waals surface area contributed by atoms with E-state index in [0.717, 1.165) is 0 Å². The van der Waals surface area contributed by atoms with Gasteiger partial charge in [-0.3, -0.25) is 20.4 Å². The summed E-state index contributed by atoms with van der Waals surface area (Å²) in [6.07, 6.45) is -2.10. The Morgan fingerprint density at radius 3 is 1.77 bits per heavy atom. The average Bonchev–Trinajstić information content (AvgIpc) is 2.63. The smallest absolute Gasteiger partial charge is 0.266 e. The number of hydrogen-bond donors (Lipinski definition) is 4. The van der Waals surface area contributed by atoms with Crippen LogP contribution in [0.4, 0.5) is 0 Å². The molecule has 0 aromatic heterocycles.